The van der Waals surface area contributed by atoms with E-state index in [0.29, 0.717) is 18.5 Å². The number of hydrogen-bond acceptors (Lipinski definition) is 5. The summed E-state index contributed by atoms with van der Waals surface area (Å²) in [7, 11) is 1.76. The minimum Gasteiger partial charge on any atom is -0.478 e. The Balaban J connectivity index is 2.00. The Labute approximate surface area is 102 Å². The molecule has 1 aromatic heterocycles. The Morgan fingerprint density at radius 3 is 3.06 bits per heavy atom. The highest BCUT2D eigenvalue weighted by molar-refractivity contribution is 5.38. The Morgan fingerprint density at radius 2 is 2.29 bits per heavy atom. The van der Waals surface area contributed by atoms with Gasteiger partial charge in [0, 0.05) is 13.2 Å². The van der Waals surface area contributed by atoms with E-state index >= 15 is 0 Å². The van der Waals surface area contributed by atoms with Crippen molar-refractivity contribution >= 4 is 5.82 Å². The largest absolute Gasteiger partial charge is 0.478 e. The monoisotopic (exact) mass is 237 g/mol. The molecule has 0 spiro atoms. The molecule has 1 aliphatic carbocycles. The maximum Gasteiger partial charge on any atom is 0.218 e. The van der Waals surface area contributed by atoms with Crippen molar-refractivity contribution in [3.63, 3.8) is 0 Å². The van der Waals surface area contributed by atoms with Crippen LogP contribution in [0.5, 0.6) is 5.88 Å². The minimum absolute atomic E-state index is 0.278. The fourth-order valence-electron chi connectivity index (χ4n) is 2.21. The van der Waals surface area contributed by atoms with Crippen molar-refractivity contribution in [1.82, 2.24) is 9.97 Å². The van der Waals surface area contributed by atoms with Crippen LogP contribution in [0.4, 0.5) is 5.82 Å². The zero-order valence-corrected chi connectivity index (χ0v) is 10.3. The first-order chi connectivity index (χ1) is 8.33. The van der Waals surface area contributed by atoms with Crippen molar-refractivity contribution in [3.8, 4) is 5.88 Å². The third-order valence-electron chi connectivity index (χ3n) is 3.02. The van der Waals surface area contributed by atoms with Crippen LogP contribution in [-0.2, 0) is 4.74 Å². The average Bonchev–Trinajstić information content (AvgIpc) is 2.77. The van der Waals surface area contributed by atoms with Gasteiger partial charge in [0.25, 0.3) is 0 Å². The van der Waals surface area contributed by atoms with Crippen LogP contribution in [0, 0.1) is 0 Å². The lowest BCUT2D eigenvalue weighted by molar-refractivity contribution is 0.101. The molecule has 0 bridgehead atoms. The summed E-state index contributed by atoms with van der Waals surface area (Å²) in [5.74, 6) is 1.41. The third-order valence-corrected chi connectivity index (χ3v) is 3.02. The number of anilines is 1. The summed E-state index contributed by atoms with van der Waals surface area (Å²) in [6.45, 7) is 2.55. The fraction of sp³-hybridized carbons (Fsp3) is 0.667. The quantitative estimate of drug-likeness (QED) is 0.847. The van der Waals surface area contributed by atoms with Crippen LogP contribution >= 0.6 is 0 Å². The number of aromatic nitrogens is 2. The smallest absolute Gasteiger partial charge is 0.218 e. The molecule has 1 saturated carbocycles. The summed E-state index contributed by atoms with van der Waals surface area (Å²) in [6.07, 6.45) is 5.22. The topological polar surface area (TPSA) is 56.3 Å². The predicted octanol–water partition coefficient (Wildman–Crippen LogP) is 1.85. The van der Waals surface area contributed by atoms with Crippen LogP contribution in [0.15, 0.2) is 12.4 Å². The number of ether oxygens (including phenoxy) is 2. The van der Waals surface area contributed by atoms with Crippen molar-refractivity contribution in [2.24, 2.45) is 0 Å². The van der Waals surface area contributed by atoms with Gasteiger partial charge in [-0.25, -0.2) is 9.97 Å². The van der Waals surface area contributed by atoms with Gasteiger partial charge in [-0.2, -0.15) is 0 Å². The van der Waals surface area contributed by atoms with Gasteiger partial charge < -0.3 is 14.8 Å². The summed E-state index contributed by atoms with van der Waals surface area (Å²) in [5.41, 5.74) is 0. The van der Waals surface area contributed by atoms with E-state index in [-0.39, 0.29) is 6.10 Å². The van der Waals surface area contributed by atoms with Crippen molar-refractivity contribution < 1.29 is 9.47 Å². The fourth-order valence-corrected chi connectivity index (χ4v) is 2.21. The van der Waals surface area contributed by atoms with Crippen molar-refractivity contribution in [3.05, 3.63) is 12.4 Å². The number of rotatable bonds is 5. The van der Waals surface area contributed by atoms with E-state index in [1.807, 2.05) is 13.0 Å². The minimum atomic E-state index is 0.278. The van der Waals surface area contributed by atoms with E-state index < -0.39 is 0 Å². The molecule has 0 aromatic carbocycles. The molecule has 1 aliphatic rings. The van der Waals surface area contributed by atoms with Crippen LogP contribution < -0.4 is 10.1 Å². The third kappa shape index (κ3) is 3.06. The molecule has 2 atom stereocenters. The summed E-state index contributed by atoms with van der Waals surface area (Å²) in [6, 6.07) is 2.17. The zero-order valence-electron chi connectivity index (χ0n) is 10.3. The van der Waals surface area contributed by atoms with Gasteiger partial charge in [0.1, 0.15) is 12.1 Å². The number of nitrogens with one attached hydrogen (secondary N) is 1. The summed E-state index contributed by atoms with van der Waals surface area (Å²) in [4.78, 5) is 8.23. The summed E-state index contributed by atoms with van der Waals surface area (Å²) >= 11 is 0. The van der Waals surface area contributed by atoms with Gasteiger partial charge in [0.15, 0.2) is 0 Å². The molecule has 2 unspecified atom stereocenters. The predicted molar refractivity (Wildman–Crippen MR) is 65.3 cm³/mol. The van der Waals surface area contributed by atoms with Gasteiger partial charge in [0.2, 0.25) is 5.88 Å². The lowest BCUT2D eigenvalue weighted by atomic mass is 10.2. The van der Waals surface area contributed by atoms with Gasteiger partial charge in [-0.3, -0.25) is 0 Å². The first kappa shape index (κ1) is 12.1. The summed E-state index contributed by atoms with van der Waals surface area (Å²) < 4.78 is 10.8. The lowest BCUT2D eigenvalue weighted by Crippen LogP contribution is -2.30. The highest BCUT2D eigenvalue weighted by atomic mass is 16.5. The molecule has 1 aromatic rings. The van der Waals surface area contributed by atoms with E-state index in [0.717, 1.165) is 18.7 Å². The second kappa shape index (κ2) is 5.82. The molecule has 0 aliphatic heterocycles. The molecule has 0 amide bonds. The molecule has 1 N–H and O–H groups in total. The van der Waals surface area contributed by atoms with Gasteiger partial charge in [-0.15, -0.1) is 0 Å². The highest BCUT2D eigenvalue weighted by Gasteiger charge is 2.27. The van der Waals surface area contributed by atoms with Gasteiger partial charge >= 0.3 is 0 Å². The Morgan fingerprint density at radius 1 is 1.41 bits per heavy atom. The number of methoxy groups -OCH3 is 1. The molecule has 17 heavy (non-hydrogen) atoms. The molecule has 5 nitrogen and oxygen atoms in total. The van der Waals surface area contributed by atoms with Crippen molar-refractivity contribution in [2.75, 3.05) is 19.0 Å². The molecule has 5 heteroatoms. The molecular weight excluding hydrogens is 218 g/mol. The van der Waals surface area contributed by atoms with Crippen molar-refractivity contribution in [2.45, 2.75) is 38.3 Å². The zero-order chi connectivity index (χ0) is 12.1. The van der Waals surface area contributed by atoms with E-state index in [4.69, 9.17) is 9.47 Å². The molecule has 1 heterocycles. The molecule has 0 radical (unpaired) electrons. The van der Waals surface area contributed by atoms with Crippen LogP contribution in [0.25, 0.3) is 0 Å². The van der Waals surface area contributed by atoms with Gasteiger partial charge in [-0.1, -0.05) is 0 Å². The number of hydrogen-bond donors (Lipinski definition) is 1. The Hall–Kier alpha value is -1.36. The van der Waals surface area contributed by atoms with Crippen molar-refractivity contribution in [1.29, 1.82) is 0 Å². The first-order valence-corrected chi connectivity index (χ1v) is 6.07. The molecule has 2 rings (SSSR count). The Bertz CT molecular complexity index is 359. The van der Waals surface area contributed by atoms with Gasteiger partial charge in [0.05, 0.1) is 18.8 Å². The van der Waals surface area contributed by atoms with Crippen LogP contribution in [0.3, 0.4) is 0 Å². The first-order valence-electron chi connectivity index (χ1n) is 6.07. The van der Waals surface area contributed by atoms with E-state index in [1.54, 1.807) is 7.11 Å². The lowest BCUT2D eigenvalue weighted by Gasteiger charge is -2.20. The maximum atomic E-state index is 5.44. The number of nitrogens with zero attached hydrogens (tertiary/aromatic N) is 2. The standard InChI is InChI=1S/C12H19N3O2/c1-3-17-12-7-11(13-8-14-12)15-9-5-4-6-10(9)16-2/h7-10H,3-6H2,1-2H3,(H,13,14,15). The van der Waals surface area contributed by atoms with Gasteiger partial charge in [-0.05, 0) is 26.2 Å². The van der Waals surface area contributed by atoms with E-state index in [1.165, 1.54) is 12.7 Å². The second-order valence-corrected chi connectivity index (χ2v) is 4.13. The van der Waals surface area contributed by atoms with Crippen LogP contribution in [0.2, 0.25) is 0 Å². The SMILES string of the molecule is CCOc1cc(NC2CCCC2OC)ncn1. The second-order valence-electron chi connectivity index (χ2n) is 4.13. The summed E-state index contributed by atoms with van der Waals surface area (Å²) in [5, 5.41) is 3.38. The molecular formula is C12H19N3O2. The van der Waals surface area contributed by atoms with E-state index in [2.05, 4.69) is 15.3 Å². The van der Waals surface area contributed by atoms with Crippen LogP contribution in [-0.4, -0.2) is 35.8 Å². The molecule has 94 valence electrons. The normalized spacial score (nSPS) is 23.6. The van der Waals surface area contributed by atoms with Crippen LogP contribution in [0.1, 0.15) is 26.2 Å². The maximum absolute atomic E-state index is 5.44. The molecule has 1 fully saturated rings. The molecule has 0 saturated heterocycles. The van der Waals surface area contributed by atoms with E-state index in [9.17, 15) is 0 Å². The highest BCUT2D eigenvalue weighted by Crippen LogP contribution is 2.25. The Kier molecular flexibility index (Phi) is 4.14. The average molecular weight is 237 g/mol.